The van der Waals surface area contributed by atoms with Crippen molar-refractivity contribution in [1.29, 1.82) is 0 Å². The van der Waals surface area contributed by atoms with E-state index in [1.165, 1.54) is 29.2 Å². The van der Waals surface area contributed by atoms with Crippen LogP contribution in [0.3, 0.4) is 0 Å². The van der Waals surface area contributed by atoms with Gasteiger partial charge in [0, 0.05) is 18.2 Å². The topological polar surface area (TPSA) is 21.3 Å². The first-order chi connectivity index (χ1) is 9.26. The molecule has 1 N–H and O–H groups in total. The molecule has 0 bridgehead atoms. The fourth-order valence-corrected chi connectivity index (χ4v) is 2.50. The van der Waals surface area contributed by atoms with E-state index in [1.54, 1.807) is 7.11 Å². The molecule has 0 radical (unpaired) electrons. The molecular weight excluding hydrogens is 234 g/mol. The van der Waals surface area contributed by atoms with Crippen molar-refractivity contribution >= 4 is 10.8 Å². The van der Waals surface area contributed by atoms with Gasteiger partial charge in [0.2, 0.25) is 0 Å². The Morgan fingerprint density at radius 1 is 1.16 bits per heavy atom. The molecule has 0 aliphatic heterocycles. The summed E-state index contributed by atoms with van der Waals surface area (Å²) in [6.07, 6.45) is 2.41. The molecule has 2 rings (SSSR count). The van der Waals surface area contributed by atoms with E-state index in [0.29, 0.717) is 6.04 Å². The Morgan fingerprint density at radius 2 is 1.95 bits per heavy atom. The van der Waals surface area contributed by atoms with E-state index in [0.717, 1.165) is 12.3 Å². The second kappa shape index (κ2) is 6.58. The highest BCUT2D eigenvalue weighted by Gasteiger charge is 2.09. The van der Waals surface area contributed by atoms with E-state index >= 15 is 0 Å². The summed E-state index contributed by atoms with van der Waals surface area (Å²) in [5.74, 6) is 0.967. The van der Waals surface area contributed by atoms with Crippen LogP contribution >= 0.6 is 0 Å². The molecule has 0 amide bonds. The van der Waals surface area contributed by atoms with Gasteiger partial charge in [-0.3, -0.25) is 0 Å². The molecule has 2 nitrogen and oxygen atoms in total. The van der Waals surface area contributed by atoms with Crippen LogP contribution in [0.2, 0.25) is 0 Å². The van der Waals surface area contributed by atoms with Crippen molar-refractivity contribution in [3.8, 4) is 5.75 Å². The van der Waals surface area contributed by atoms with Crippen LogP contribution in [0, 0.1) is 0 Å². The first kappa shape index (κ1) is 13.9. The number of benzene rings is 2. The highest BCUT2D eigenvalue weighted by Crippen LogP contribution is 2.27. The van der Waals surface area contributed by atoms with E-state index in [-0.39, 0.29) is 0 Å². The van der Waals surface area contributed by atoms with Gasteiger partial charge < -0.3 is 10.1 Å². The molecule has 2 heteroatoms. The van der Waals surface area contributed by atoms with Gasteiger partial charge in [-0.15, -0.1) is 0 Å². The summed E-state index contributed by atoms with van der Waals surface area (Å²) >= 11 is 0. The van der Waals surface area contributed by atoms with Gasteiger partial charge >= 0.3 is 0 Å². The first-order valence-electron chi connectivity index (χ1n) is 7.04. The van der Waals surface area contributed by atoms with Crippen LogP contribution in [0.1, 0.15) is 32.3 Å². The monoisotopic (exact) mass is 257 g/mol. The van der Waals surface area contributed by atoms with Crippen molar-refractivity contribution < 1.29 is 4.74 Å². The third-order valence-corrected chi connectivity index (χ3v) is 3.57. The van der Waals surface area contributed by atoms with Gasteiger partial charge in [-0.25, -0.2) is 0 Å². The maximum absolute atomic E-state index is 5.51. The molecular formula is C17H23NO. The van der Waals surface area contributed by atoms with Crippen molar-refractivity contribution in [3.05, 3.63) is 42.0 Å². The molecule has 0 aliphatic carbocycles. The molecule has 2 aromatic carbocycles. The molecule has 2 aromatic rings. The summed E-state index contributed by atoms with van der Waals surface area (Å²) < 4.78 is 5.51. The normalized spacial score (nSPS) is 12.6. The zero-order valence-electron chi connectivity index (χ0n) is 12.1. The molecule has 19 heavy (non-hydrogen) atoms. The van der Waals surface area contributed by atoms with Crippen molar-refractivity contribution in [1.82, 2.24) is 5.32 Å². The van der Waals surface area contributed by atoms with Crippen LogP contribution in [0.5, 0.6) is 5.75 Å². The van der Waals surface area contributed by atoms with E-state index in [9.17, 15) is 0 Å². The van der Waals surface area contributed by atoms with E-state index in [4.69, 9.17) is 4.74 Å². The highest BCUT2D eigenvalue weighted by molar-refractivity contribution is 5.87. The molecule has 102 valence electrons. The Bertz CT molecular complexity index is 536. The Balaban J connectivity index is 2.28. The number of ether oxygens (including phenoxy) is 1. The third-order valence-electron chi connectivity index (χ3n) is 3.57. The average molecular weight is 257 g/mol. The summed E-state index contributed by atoms with van der Waals surface area (Å²) in [6, 6.07) is 13.2. The minimum absolute atomic E-state index is 0.536. The third kappa shape index (κ3) is 3.27. The maximum atomic E-state index is 5.51. The van der Waals surface area contributed by atoms with Crippen LogP contribution in [0.4, 0.5) is 0 Å². The smallest absolute Gasteiger partial charge is 0.123 e. The summed E-state index contributed by atoms with van der Waals surface area (Å²) in [4.78, 5) is 0. The zero-order chi connectivity index (χ0) is 13.7. The molecule has 0 saturated carbocycles. The van der Waals surface area contributed by atoms with Crippen molar-refractivity contribution in [3.63, 3.8) is 0 Å². The Morgan fingerprint density at radius 3 is 2.68 bits per heavy atom. The molecule has 0 heterocycles. The number of nitrogens with one attached hydrogen (secondary N) is 1. The van der Waals surface area contributed by atoms with Crippen LogP contribution in [0.25, 0.3) is 10.8 Å². The lowest BCUT2D eigenvalue weighted by molar-refractivity contribution is 0.406. The lowest BCUT2D eigenvalue weighted by Gasteiger charge is -2.16. The van der Waals surface area contributed by atoms with Gasteiger partial charge in [-0.1, -0.05) is 43.7 Å². The SMILES string of the molecule is CCCC(C)NCc1c(OC)ccc2ccccc12. The lowest BCUT2D eigenvalue weighted by Crippen LogP contribution is -2.25. The number of fused-ring (bicyclic) bond motifs is 1. The summed E-state index contributed by atoms with van der Waals surface area (Å²) in [5, 5.41) is 6.13. The maximum Gasteiger partial charge on any atom is 0.123 e. The summed E-state index contributed by atoms with van der Waals surface area (Å²) in [6.45, 7) is 5.31. The number of hydrogen-bond acceptors (Lipinski definition) is 2. The Labute approximate surface area is 115 Å². The molecule has 1 atom stereocenters. The van der Waals surface area contributed by atoms with E-state index in [2.05, 4.69) is 55.6 Å². The fraction of sp³-hybridized carbons (Fsp3) is 0.412. The molecule has 1 unspecified atom stereocenters. The summed E-state index contributed by atoms with van der Waals surface area (Å²) in [7, 11) is 1.74. The number of methoxy groups -OCH3 is 1. The van der Waals surface area contributed by atoms with E-state index in [1.807, 2.05) is 0 Å². The van der Waals surface area contributed by atoms with E-state index < -0.39 is 0 Å². The predicted molar refractivity (Wildman–Crippen MR) is 81.7 cm³/mol. The first-order valence-corrected chi connectivity index (χ1v) is 7.04. The quantitative estimate of drug-likeness (QED) is 0.840. The molecule has 0 saturated heterocycles. The van der Waals surface area contributed by atoms with Gasteiger partial charge in [0.05, 0.1) is 7.11 Å². The van der Waals surface area contributed by atoms with Gasteiger partial charge in [-0.2, -0.15) is 0 Å². The van der Waals surface area contributed by atoms with Crippen molar-refractivity contribution in [2.75, 3.05) is 7.11 Å². The minimum atomic E-state index is 0.536. The van der Waals surface area contributed by atoms with Gasteiger partial charge in [-0.05, 0) is 30.2 Å². The van der Waals surface area contributed by atoms with Crippen LogP contribution in [0.15, 0.2) is 36.4 Å². The summed E-state index contributed by atoms with van der Waals surface area (Å²) in [5.41, 5.74) is 1.25. The minimum Gasteiger partial charge on any atom is -0.496 e. The average Bonchev–Trinajstić information content (AvgIpc) is 2.44. The largest absolute Gasteiger partial charge is 0.496 e. The fourth-order valence-electron chi connectivity index (χ4n) is 2.50. The molecule has 0 aliphatic rings. The molecule has 0 aromatic heterocycles. The number of rotatable bonds is 6. The molecule has 0 spiro atoms. The Kier molecular flexibility index (Phi) is 4.80. The van der Waals surface area contributed by atoms with Gasteiger partial charge in [0.15, 0.2) is 0 Å². The second-order valence-corrected chi connectivity index (χ2v) is 5.04. The van der Waals surface area contributed by atoms with Crippen LogP contribution < -0.4 is 10.1 Å². The molecule has 0 fully saturated rings. The lowest BCUT2D eigenvalue weighted by atomic mass is 10.0. The van der Waals surface area contributed by atoms with Crippen molar-refractivity contribution in [2.24, 2.45) is 0 Å². The standard InChI is InChI=1S/C17H23NO/c1-4-7-13(2)18-12-16-15-9-6-5-8-14(15)10-11-17(16)19-3/h5-6,8-11,13,18H,4,7,12H2,1-3H3. The van der Waals surface area contributed by atoms with Crippen LogP contribution in [-0.2, 0) is 6.54 Å². The number of hydrogen-bond donors (Lipinski definition) is 1. The van der Waals surface area contributed by atoms with Crippen LogP contribution in [-0.4, -0.2) is 13.2 Å². The Hall–Kier alpha value is -1.54. The van der Waals surface area contributed by atoms with Crippen molar-refractivity contribution in [2.45, 2.75) is 39.3 Å². The second-order valence-electron chi connectivity index (χ2n) is 5.04. The van der Waals surface area contributed by atoms with Gasteiger partial charge in [0.25, 0.3) is 0 Å². The van der Waals surface area contributed by atoms with Gasteiger partial charge in [0.1, 0.15) is 5.75 Å². The predicted octanol–water partition coefficient (Wildman–Crippen LogP) is 4.13. The highest BCUT2D eigenvalue weighted by atomic mass is 16.5. The zero-order valence-corrected chi connectivity index (χ0v) is 12.1.